The number of carbonyl (C=O) groups is 3. The molecule has 1 aromatic heterocycles. The second kappa shape index (κ2) is 12.4. The van der Waals surface area contributed by atoms with Crippen LogP contribution in [0.2, 0.25) is 0 Å². The highest BCUT2D eigenvalue weighted by Gasteiger charge is 2.33. The normalized spacial score (nSPS) is 18.9. The molecule has 3 heterocycles. The predicted octanol–water partition coefficient (Wildman–Crippen LogP) is 1.96. The Morgan fingerprint density at radius 1 is 1.19 bits per heavy atom. The fourth-order valence-electron chi connectivity index (χ4n) is 4.53. The number of halogens is 1. The third-order valence-corrected chi connectivity index (χ3v) is 6.54. The molecule has 0 bridgehead atoms. The number of rotatable bonds is 9. The minimum atomic E-state index is -1.39. The van der Waals surface area contributed by atoms with Gasteiger partial charge in [-0.2, -0.15) is 0 Å². The molecule has 0 saturated carbocycles. The first-order valence-corrected chi connectivity index (χ1v) is 12.4. The van der Waals surface area contributed by atoms with Crippen LogP contribution in [0.4, 0.5) is 9.18 Å². The van der Waals surface area contributed by atoms with Gasteiger partial charge in [-0.15, -0.1) is 10.2 Å². The summed E-state index contributed by atoms with van der Waals surface area (Å²) in [6.07, 6.45) is 3.44. The van der Waals surface area contributed by atoms with Crippen molar-refractivity contribution in [2.24, 2.45) is 5.92 Å². The van der Waals surface area contributed by atoms with Crippen LogP contribution in [-0.4, -0.2) is 63.5 Å². The molecule has 4 rings (SSSR count). The lowest BCUT2D eigenvalue weighted by Crippen LogP contribution is -2.49. The Bertz CT molecular complexity index is 1130. The van der Waals surface area contributed by atoms with Crippen LogP contribution in [0.15, 0.2) is 36.4 Å². The zero-order chi connectivity index (χ0) is 26.2. The SMILES string of the molecule is O=C(NC(CNC(=O)C1CCCn2c(/C(F)=C/C3CCNCC3)nnc21)C(=O)O)OCc1ccccc1. The summed E-state index contributed by atoms with van der Waals surface area (Å²) >= 11 is 0. The van der Waals surface area contributed by atoms with Gasteiger partial charge in [0.15, 0.2) is 11.7 Å². The van der Waals surface area contributed by atoms with Gasteiger partial charge < -0.3 is 30.4 Å². The number of alkyl carbamates (subject to hydrolysis) is 1. The molecular weight excluding hydrogens is 483 g/mol. The Morgan fingerprint density at radius 2 is 1.95 bits per heavy atom. The van der Waals surface area contributed by atoms with Crippen molar-refractivity contribution in [3.05, 3.63) is 53.6 Å². The summed E-state index contributed by atoms with van der Waals surface area (Å²) in [6, 6.07) is 7.55. The van der Waals surface area contributed by atoms with Gasteiger partial charge in [0, 0.05) is 13.1 Å². The molecule has 2 unspecified atom stereocenters. The molecule has 1 aromatic carbocycles. The quantitative estimate of drug-likeness (QED) is 0.397. The molecule has 198 valence electrons. The first-order chi connectivity index (χ1) is 17.9. The number of carboxylic acid groups (broad SMARTS) is 1. The van der Waals surface area contributed by atoms with E-state index in [4.69, 9.17) is 4.74 Å². The Hall–Kier alpha value is -3.80. The lowest BCUT2D eigenvalue weighted by atomic mass is 9.96. The van der Waals surface area contributed by atoms with Gasteiger partial charge in [0.05, 0.1) is 5.92 Å². The molecule has 2 aliphatic heterocycles. The predicted molar refractivity (Wildman–Crippen MR) is 131 cm³/mol. The maximum atomic E-state index is 15.0. The molecule has 37 heavy (non-hydrogen) atoms. The summed E-state index contributed by atoms with van der Waals surface area (Å²) in [7, 11) is 0. The molecule has 2 aromatic rings. The molecule has 2 amide bonds. The second-order valence-electron chi connectivity index (χ2n) is 9.17. The number of fused-ring (bicyclic) bond motifs is 1. The number of aliphatic carboxylic acids is 1. The van der Waals surface area contributed by atoms with Crippen LogP contribution in [0.5, 0.6) is 0 Å². The van der Waals surface area contributed by atoms with E-state index < -0.39 is 35.8 Å². The van der Waals surface area contributed by atoms with Crippen LogP contribution < -0.4 is 16.0 Å². The van der Waals surface area contributed by atoms with E-state index in [2.05, 4.69) is 26.1 Å². The molecule has 0 radical (unpaired) electrons. The van der Waals surface area contributed by atoms with Gasteiger partial charge in [-0.3, -0.25) is 4.79 Å². The second-order valence-corrected chi connectivity index (χ2v) is 9.17. The van der Waals surface area contributed by atoms with E-state index >= 15 is 4.39 Å². The summed E-state index contributed by atoms with van der Waals surface area (Å²) < 4.78 is 21.7. The molecule has 11 nitrogen and oxygen atoms in total. The summed E-state index contributed by atoms with van der Waals surface area (Å²) in [4.78, 5) is 36.6. The van der Waals surface area contributed by atoms with Gasteiger partial charge in [0.1, 0.15) is 18.5 Å². The van der Waals surface area contributed by atoms with E-state index in [0.717, 1.165) is 31.5 Å². The number of amides is 2. The van der Waals surface area contributed by atoms with Crippen LogP contribution in [-0.2, 0) is 27.5 Å². The number of aromatic nitrogens is 3. The van der Waals surface area contributed by atoms with E-state index in [-0.39, 0.29) is 24.9 Å². The van der Waals surface area contributed by atoms with Crippen molar-refractivity contribution in [1.29, 1.82) is 0 Å². The average molecular weight is 515 g/mol. The van der Waals surface area contributed by atoms with E-state index in [9.17, 15) is 19.5 Å². The van der Waals surface area contributed by atoms with Crippen molar-refractivity contribution < 1.29 is 28.6 Å². The third-order valence-electron chi connectivity index (χ3n) is 6.54. The van der Waals surface area contributed by atoms with Gasteiger partial charge >= 0.3 is 12.1 Å². The van der Waals surface area contributed by atoms with Gasteiger partial charge in [0.25, 0.3) is 0 Å². The van der Waals surface area contributed by atoms with E-state index in [1.807, 2.05) is 6.07 Å². The van der Waals surface area contributed by atoms with Crippen molar-refractivity contribution in [1.82, 2.24) is 30.7 Å². The van der Waals surface area contributed by atoms with Crippen LogP contribution >= 0.6 is 0 Å². The highest BCUT2D eigenvalue weighted by Crippen LogP contribution is 2.30. The highest BCUT2D eigenvalue weighted by atomic mass is 19.1. The number of piperidine rings is 1. The molecule has 4 N–H and O–H groups in total. The number of carboxylic acids is 1. The first-order valence-electron chi connectivity index (χ1n) is 12.4. The largest absolute Gasteiger partial charge is 0.480 e. The first kappa shape index (κ1) is 26.3. The van der Waals surface area contributed by atoms with E-state index in [1.165, 1.54) is 0 Å². The number of allylic oxidation sites excluding steroid dienone is 1. The highest BCUT2D eigenvalue weighted by molar-refractivity contribution is 5.85. The van der Waals surface area contributed by atoms with Crippen molar-refractivity contribution >= 4 is 23.8 Å². The van der Waals surface area contributed by atoms with Crippen molar-refractivity contribution in [3.8, 4) is 0 Å². The number of hydrogen-bond acceptors (Lipinski definition) is 7. The fourth-order valence-corrected chi connectivity index (χ4v) is 4.53. The van der Waals surface area contributed by atoms with Crippen molar-refractivity contribution in [3.63, 3.8) is 0 Å². The lowest BCUT2D eigenvalue weighted by Gasteiger charge is -2.24. The third kappa shape index (κ3) is 6.91. The van der Waals surface area contributed by atoms with Gasteiger partial charge in [0.2, 0.25) is 5.91 Å². The number of nitrogens with one attached hydrogen (secondary N) is 3. The average Bonchev–Trinajstić information content (AvgIpc) is 3.35. The Morgan fingerprint density at radius 3 is 2.68 bits per heavy atom. The zero-order valence-corrected chi connectivity index (χ0v) is 20.4. The summed E-state index contributed by atoms with van der Waals surface area (Å²) in [6.45, 7) is 1.79. The van der Waals surface area contributed by atoms with Crippen LogP contribution in [0.25, 0.3) is 5.83 Å². The van der Waals surface area contributed by atoms with Crippen LogP contribution in [0.1, 0.15) is 48.8 Å². The van der Waals surface area contributed by atoms with Gasteiger partial charge in [-0.1, -0.05) is 30.3 Å². The molecule has 12 heteroatoms. The lowest BCUT2D eigenvalue weighted by molar-refractivity contribution is -0.139. The van der Waals surface area contributed by atoms with Gasteiger partial charge in [-0.25, -0.2) is 14.0 Å². The Balaban J connectivity index is 1.34. The summed E-state index contributed by atoms with van der Waals surface area (Å²) in [5.41, 5.74) is 0.751. The Kier molecular flexibility index (Phi) is 8.83. The number of nitrogens with zero attached hydrogens (tertiary/aromatic N) is 3. The van der Waals surface area contributed by atoms with E-state index in [0.29, 0.717) is 25.2 Å². The van der Waals surface area contributed by atoms with Crippen LogP contribution in [0.3, 0.4) is 0 Å². The zero-order valence-electron chi connectivity index (χ0n) is 20.4. The molecule has 2 aliphatic rings. The molecule has 0 spiro atoms. The number of ether oxygens (including phenoxy) is 1. The number of carbonyl (C=O) groups excluding carboxylic acids is 2. The monoisotopic (exact) mass is 514 g/mol. The molecule has 1 saturated heterocycles. The Labute approximate surface area is 213 Å². The summed E-state index contributed by atoms with van der Waals surface area (Å²) in [5, 5.41) is 25.7. The topological polar surface area (TPSA) is 147 Å². The standard InChI is InChI=1S/C25H31FN6O5/c26-19(13-16-8-10-27-11-9-16)22-31-30-21-18(7-4-12-32(21)22)23(33)28-14-20(24(34)35)29-25(36)37-15-17-5-2-1-3-6-17/h1-3,5-6,13,16,18,20,27H,4,7-12,14-15H2,(H,28,33)(H,29,36)(H,34,35)/b19-13-. The number of benzene rings is 1. The number of hydrogen-bond donors (Lipinski definition) is 4. The molecule has 1 fully saturated rings. The van der Waals surface area contributed by atoms with Crippen molar-refractivity contribution in [2.75, 3.05) is 19.6 Å². The maximum Gasteiger partial charge on any atom is 0.408 e. The molecule has 0 aliphatic carbocycles. The fraction of sp³-hybridized carbons (Fsp3) is 0.480. The minimum Gasteiger partial charge on any atom is -0.480 e. The van der Waals surface area contributed by atoms with Crippen molar-refractivity contribution in [2.45, 2.75) is 50.8 Å². The molecule has 2 atom stereocenters. The van der Waals surface area contributed by atoms with Gasteiger partial charge in [-0.05, 0) is 56.3 Å². The summed E-state index contributed by atoms with van der Waals surface area (Å²) in [5.74, 6) is -2.37. The minimum absolute atomic E-state index is 0.0198. The van der Waals surface area contributed by atoms with Crippen LogP contribution in [0, 0.1) is 5.92 Å². The molecular formula is C25H31FN6O5. The maximum absolute atomic E-state index is 15.0. The smallest absolute Gasteiger partial charge is 0.408 e. The van der Waals surface area contributed by atoms with E-state index in [1.54, 1.807) is 34.9 Å².